The van der Waals surface area contributed by atoms with Crippen molar-refractivity contribution in [2.75, 3.05) is 19.4 Å². The maximum absolute atomic E-state index is 12.6. The molecule has 0 heterocycles. The number of nitrogens with zero attached hydrogens (tertiary/aromatic N) is 2. The Bertz CT molecular complexity index is 1350. The number of carboxylic acids is 1. The number of ether oxygens (including phenoxy) is 1. The van der Waals surface area contributed by atoms with Crippen LogP contribution in [-0.4, -0.2) is 41.0 Å². The number of anilines is 1. The van der Waals surface area contributed by atoms with Crippen molar-refractivity contribution in [1.29, 1.82) is 0 Å². The summed E-state index contributed by atoms with van der Waals surface area (Å²) < 4.78 is 42.9. The highest BCUT2D eigenvalue weighted by Crippen LogP contribution is 2.37. The van der Waals surface area contributed by atoms with Gasteiger partial charge in [0.25, 0.3) is 5.69 Å². The lowest BCUT2D eigenvalue weighted by Gasteiger charge is -2.12. The number of hydrogen-bond acceptors (Lipinski definition) is 5. The van der Waals surface area contributed by atoms with E-state index in [-0.39, 0.29) is 22.6 Å². The first-order valence-electron chi connectivity index (χ1n) is 11.2. The number of nitro benzene ring substituents is 1. The monoisotopic (exact) mass is 567 g/mol. The molecule has 9 nitrogen and oxygen atoms in total. The van der Waals surface area contributed by atoms with Crippen molar-refractivity contribution in [3.63, 3.8) is 0 Å². The summed E-state index contributed by atoms with van der Waals surface area (Å²) in [6.45, 7) is 4.29. The fourth-order valence-corrected chi connectivity index (χ4v) is 3.20. The molecular weight excluding hydrogens is 543 g/mol. The van der Waals surface area contributed by atoms with Crippen LogP contribution in [0.1, 0.15) is 41.3 Å². The average molecular weight is 568 g/mol. The Morgan fingerprint density at radius 3 is 2.13 bits per heavy atom. The number of urea groups is 1. The van der Waals surface area contributed by atoms with Crippen molar-refractivity contribution in [3.8, 4) is 11.5 Å². The summed E-state index contributed by atoms with van der Waals surface area (Å²) in [5.74, 6) is -1.32. The van der Waals surface area contributed by atoms with Crippen molar-refractivity contribution in [1.82, 2.24) is 4.90 Å². The predicted molar refractivity (Wildman–Crippen MR) is 140 cm³/mol. The molecule has 0 atom stereocenters. The lowest BCUT2D eigenvalue weighted by molar-refractivity contribution is -0.385. The molecule has 0 aliphatic heterocycles. The minimum Gasteiger partial charge on any atom is -0.477 e. The molecule has 39 heavy (non-hydrogen) atoms. The van der Waals surface area contributed by atoms with Gasteiger partial charge in [-0.25, -0.2) is 9.59 Å². The Balaban J connectivity index is 0.000000306. The molecule has 3 rings (SSSR count). The molecule has 2 N–H and O–H groups in total. The second-order valence-electron chi connectivity index (χ2n) is 8.59. The molecule has 0 aliphatic rings. The average Bonchev–Trinajstić information content (AvgIpc) is 2.85. The summed E-state index contributed by atoms with van der Waals surface area (Å²) in [5.41, 5.74) is -0.139. The van der Waals surface area contributed by atoms with Crippen LogP contribution in [0.4, 0.5) is 29.3 Å². The predicted octanol–water partition coefficient (Wildman–Crippen LogP) is 7.66. The van der Waals surface area contributed by atoms with Crippen LogP contribution in [0.5, 0.6) is 11.5 Å². The molecule has 3 aromatic carbocycles. The van der Waals surface area contributed by atoms with E-state index in [1.165, 1.54) is 10.5 Å². The van der Waals surface area contributed by atoms with Crippen LogP contribution in [0.15, 0.2) is 60.7 Å². The van der Waals surface area contributed by atoms with Gasteiger partial charge in [-0.2, -0.15) is 13.2 Å². The minimum absolute atomic E-state index is 0.104. The van der Waals surface area contributed by atoms with Crippen molar-refractivity contribution in [2.24, 2.45) is 0 Å². The number of nitrogens with one attached hydrogen (secondary N) is 1. The molecule has 0 saturated carbocycles. The number of nitro groups is 1. The minimum atomic E-state index is -4.58. The zero-order valence-electron chi connectivity index (χ0n) is 21.2. The van der Waals surface area contributed by atoms with E-state index in [9.17, 15) is 32.9 Å². The summed E-state index contributed by atoms with van der Waals surface area (Å²) in [6.07, 6.45) is -4.58. The van der Waals surface area contributed by atoms with Gasteiger partial charge in [-0.1, -0.05) is 37.6 Å². The number of amides is 2. The van der Waals surface area contributed by atoms with Gasteiger partial charge in [0, 0.05) is 31.9 Å². The van der Waals surface area contributed by atoms with E-state index in [4.69, 9.17) is 21.4 Å². The van der Waals surface area contributed by atoms with Crippen LogP contribution in [0, 0.1) is 10.1 Å². The number of carbonyl (C=O) groups is 2. The van der Waals surface area contributed by atoms with Crippen molar-refractivity contribution >= 4 is 35.0 Å². The van der Waals surface area contributed by atoms with Crippen LogP contribution >= 0.6 is 11.6 Å². The molecule has 0 aromatic heterocycles. The van der Waals surface area contributed by atoms with Crippen molar-refractivity contribution < 1.29 is 37.5 Å². The lowest BCUT2D eigenvalue weighted by Crippen LogP contribution is -2.27. The Morgan fingerprint density at radius 1 is 1.05 bits per heavy atom. The fraction of sp³-hybridized carbons (Fsp3) is 0.231. The second kappa shape index (κ2) is 13.0. The smallest absolute Gasteiger partial charge is 0.416 e. The van der Waals surface area contributed by atoms with Crippen LogP contribution in [-0.2, 0) is 6.18 Å². The highest BCUT2D eigenvalue weighted by molar-refractivity contribution is 6.32. The van der Waals surface area contributed by atoms with Crippen LogP contribution in [0.2, 0.25) is 5.02 Å². The Kier molecular flexibility index (Phi) is 10.3. The van der Waals surface area contributed by atoms with E-state index >= 15 is 0 Å². The summed E-state index contributed by atoms with van der Waals surface area (Å²) in [7, 11) is 3.44. The van der Waals surface area contributed by atoms with Crippen LogP contribution in [0.25, 0.3) is 0 Å². The molecule has 0 spiro atoms. The largest absolute Gasteiger partial charge is 0.477 e. The molecule has 2 amide bonds. The normalized spacial score (nSPS) is 10.8. The second-order valence-corrected chi connectivity index (χ2v) is 8.99. The first-order valence-corrected chi connectivity index (χ1v) is 11.6. The van der Waals surface area contributed by atoms with Gasteiger partial charge in [0.15, 0.2) is 0 Å². The molecule has 0 fully saturated rings. The van der Waals surface area contributed by atoms with E-state index in [2.05, 4.69) is 19.2 Å². The van der Waals surface area contributed by atoms with E-state index in [0.717, 1.165) is 36.0 Å². The summed E-state index contributed by atoms with van der Waals surface area (Å²) in [5, 5.41) is 22.2. The number of aromatic carboxylic acids is 1. The Morgan fingerprint density at radius 2 is 1.67 bits per heavy atom. The summed E-state index contributed by atoms with van der Waals surface area (Å²) in [4.78, 5) is 33.8. The molecule has 0 bridgehead atoms. The highest BCUT2D eigenvalue weighted by Gasteiger charge is 2.31. The zero-order chi connectivity index (χ0) is 29.5. The quantitative estimate of drug-likeness (QED) is 0.233. The molecule has 0 unspecified atom stereocenters. The topological polar surface area (TPSA) is 122 Å². The van der Waals surface area contributed by atoms with Crippen LogP contribution < -0.4 is 10.1 Å². The van der Waals surface area contributed by atoms with Gasteiger partial charge >= 0.3 is 18.2 Å². The molecule has 13 heteroatoms. The van der Waals surface area contributed by atoms with Gasteiger partial charge in [0.2, 0.25) is 0 Å². The number of benzene rings is 3. The van der Waals surface area contributed by atoms with Gasteiger partial charge in [-0.15, -0.1) is 0 Å². The third kappa shape index (κ3) is 8.88. The van der Waals surface area contributed by atoms with E-state index < -0.39 is 33.9 Å². The Labute approximate surface area is 226 Å². The first-order chi connectivity index (χ1) is 18.1. The third-order valence-corrected chi connectivity index (χ3v) is 5.41. The standard InChI is InChI=1S/C14H7ClF3NO5.C12H18N2O/c15-10-5-7(14(16,17)18)1-4-12(10)24-8-2-3-11(19(22)23)9(6-8)13(20)21;1-9(2)10-5-7-11(8-6-10)13-12(15)14(3)4/h1-6H,(H,20,21);5-9H,1-4H3,(H,13,15). The molecule has 208 valence electrons. The first kappa shape index (κ1) is 30.9. The fourth-order valence-electron chi connectivity index (χ4n) is 2.98. The van der Waals surface area contributed by atoms with Crippen LogP contribution in [0.3, 0.4) is 0 Å². The number of halogens is 4. The van der Waals surface area contributed by atoms with Gasteiger partial charge < -0.3 is 20.1 Å². The molecule has 0 radical (unpaired) electrons. The number of rotatable bonds is 6. The van der Waals surface area contributed by atoms with Crippen molar-refractivity contribution in [3.05, 3.63) is 92.5 Å². The van der Waals surface area contributed by atoms with Gasteiger partial charge in [-0.05, 0) is 47.9 Å². The summed E-state index contributed by atoms with van der Waals surface area (Å²) in [6, 6.07) is 13.1. The number of alkyl halides is 3. The highest BCUT2D eigenvalue weighted by atomic mass is 35.5. The summed E-state index contributed by atoms with van der Waals surface area (Å²) >= 11 is 5.72. The lowest BCUT2D eigenvalue weighted by atomic mass is 10.0. The maximum atomic E-state index is 12.6. The molecule has 0 saturated heterocycles. The van der Waals surface area contributed by atoms with Crippen molar-refractivity contribution in [2.45, 2.75) is 25.9 Å². The number of carbonyl (C=O) groups excluding carboxylic acids is 1. The van der Waals surface area contributed by atoms with Gasteiger partial charge in [0.05, 0.1) is 15.5 Å². The van der Waals surface area contributed by atoms with Gasteiger partial charge in [-0.3, -0.25) is 10.1 Å². The third-order valence-electron chi connectivity index (χ3n) is 5.12. The number of hydrogen-bond donors (Lipinski definition) is 2. The zero-order valence-corrected chi connectivity index (χ0v) is 22.0. The molecular formula is C26H25ClF3N3O6. The molecule has 0 aliphatic carbocycles. The van der Waals surface area contributed by atoms with E-state index in [1.807, 2.05) is 24.3 Å². The SMILES string of the molecule is CC(C)c1ccc(NC(=O)N(C)C)cc1.O=C(O)c1cc(Oc2ccc(C(F)(F)F)cc2Cl)ccc1[N+](=O)[O-]. The van der Waals surface area contributed by atoms with E-state index in [0.29, 0.717) is 12.0 Å². The number of carboxylic acid groups (broad SMARTS) is 1. The molecule has 3 aromatic rings. The van der Waals surface area contributed by atoms with E-state index in [1.54, 1.807) is 14.1 Å². The van der Waals surface area contributed by atoms with Gasteiger partial charge in [0.1, 0.15) is 17.1 Å². The Hall–Kier alpha value is -4.32. The maximum Gasteiger partial charge on any atom is 0.416 e.